The lowest BCUT2D eigenvalue weighted by atomic mass is 10.1. The molecule has 29 heavy (non-hydrogen) atoms. The van der Waals surface area contributed by atoms with E-state index in [9.17, 15) is 4.79 Å². The van der Waals surface area contributed by atoms with Gasteiger partial charge in [0.25, 0.3) is 5.56 Å². The molecule has 2 fully saturated rings. The van der Waals surface area contributed by atoms with Gasteiger partial charge in [0, 0.05) is 56.7 Å². The zero-order valence-corrected chi connectivity index (χ0v) is 17.0. The first-order valence-corrected chi connectivity index (χ1v) is 10.7. The maximum absolute atomic E-state index is 11.6. The van der Waals surface area contributed by atoms with Crippen LogP contribution in [0.3, 0.4) is 0 Å². The lowest BCUT2D eigenvalue weighted by Crippen LogP contribution is -2.39. The highest BCUT2D eigenvalue weighted by molar-refractivity contribution is 5.86. The third kappa shape index (κ3) is 3.52. The Morgan fingerprint density at radius 3 is 2.55 bits per heavy atom. The Morgan fingerprint density at radius 2 is 1.79 bits per heavy atom. The summed E-state index contributed by atoms with van der Waals surface area (Å²) in [4.78, 5) is 13.8. The molecular formula is C23H28N4O2. The average molecular weight is 393 g/mol. The third-order valence-corrected chi connectivity index (χ3v) is 6.45. The Bertz CT molecular complexity index is 1060. The van der Waals surface area contributed by atoms with E-state index in [0.29, 0.717) is 6.04 Å². The van der Waals surface area contributed by atoms with Crippen LogP contribution in [0.2, 0.25) is 0 Å². The second-order valence-electron chi connectivity index (χ2n) is 8.31. The molecule has 3 aromatic rings. The summed E-state index contributed by atoms with van der Waals surface area (Å²) in [5.74, 6) is 1.86. The van der Waals surface area contributed by atoms with E-state index in [1.54, 1.807) is 13.1 Å². The van der Waals surface area contributed by atoms with Gasteiger partial charge in [0.05, 0.1) is 5.52 Å². The molecular weight excluding hydrogens is 364 g/mol. The highest BCUT2D eigenvalue weighted by Crippen LogP contribution is 2.36. The van der Waals surface area contributed by atoms with Crippen LogP contribution in [0.5, 0.6) is 5.75 Å². The molecule has 2 aromatic heterocycles. The monoisotopic (exact) mass is 392 g/mol. The first-order valence-electron chi connectivity index (χ1n) is 10.7. The fourth-order valence-electron chi connectivity index (χ4n) is 4.80. The van der Waals surface area contributed by atoms with Gasteiger partial charge in [-0.2, -0.15) is 5.10 Å². The number of benzene rings is 1. The van der Waals surface area contributed by atoms with Crippen LogP contribution in [-0.4, -0.2) is 33.5 Å². The van der Waals surface area contributed by atoms with Crippen molar-refractivity contribution in [2.45, 2.75) is 50.7 Å². The molecule has 0 N–H and O–H groups in total. The molecule has 5 rings (SSSR count). The van der Waals surface area contributed by atoms with E-state index >= 15 is 0 Å². The minimum absolute atomic E-state index is 0.0791. The van der Waals surface area contributed by atoms with Crippen molar-refractivity contribution < 1.29 is 4.74 Å². The summed E-state index contributed by atoms with van der Waals surface area (Å²) in [6.45, 7) is 1.77. The first kappa shape index (κ1) is 18.3. The predicted octanol–water partition coefficient (Wildman–Crippen LogP) is 3.90. The smallest absolute Gasteiger partial charge is 0.266 e. The van der Waals surface area contributed by atoms with Crippen LogP contribution < -0.4 is 15.2 Å². The van der Waals surface area contributed by atoms with Crippen LogP contribution >= 0.6 is 0 Å². The van der Waals surface area contributed by atoms with E-state index in [1.165, 1.54) is 41.3 Å². The van der Waals surface area contributed by atoms with Crippen LogP contribution in [0.15, 0.2) is 47.4 Å². The molecule has 1 aliphatic carbocycles. The summed E-state index contributed by atoms with van der Waals surface area (Å²) in [6.07, 6.45) is 9.58. The second kappa shape index (κ2) is 7.58. The summed E-state index contributed by atoms with van der Waals surface area (Å²) in [5, 5.41) is 5.60. The zero-order valence-electron chi connectivity index (χ0n) is 17.0. The lowest BCUT2D eigenvalue weighted by molar-refractivity contribution is 0.173. The molecule has 2 aliphatic rings. The van der Waals surface area contributed by atoms with E-state index in [-0.39, 0.29) is 11.7 Å². The molecule has 3 heterocycles. The number of hydrogen-bond donors (Lipinski definition) is 0. The molecule has 0 bridgehead atoms. The number of aryl methyl sites for hydroxylation is 1. The van der Waals surface area contributed by atoms with Crippen molar-refractivity contribution in [1.82, 2.24) is 14.3 Å². The molecule has 0 spiro atoms. The van der Waals surface area contributed by atoms with Gasteiger partial charge in [0.15, 0.2) is 0 Å². The number of nitrogens with zero attached hydrogens (tertiary/aromatic N) is 4. The Hall–Kier alpha value is -2.76. The van der Waals surface area contributed by atoms with Crippen LogP contribution in [0.1, 0.15) is 44.6 Å². The highest BCUT2D eigenvalue weighted by Gasteiger charge is 2.23. The molecule has 6 heteroatoms. The van der Waals surface area contributed by atoms with E-state index in [0.717, 1.165) is 37.5 Å². The fourth-order valence-corrected chi connectivity index (χ4v) is 4.80. The third-order valence-electron chi connectivity index (χ3n) is 6.45. The van der Waals surface area contributed by atoms with Gasteiger partial charge in [-0.1, -0.05) is 18.9 Å². The van der Waals surface area contributed by atoms with Crippen LogP contribution in [-0.2, 0) is 7.05 Å². The molecule has 1 aliphatic heterocycles. The summed E-state index contributed by atoms with van der Waals surface area (Å²) in [7, 11) is 1.69. The quantitative estimate of drug-likeness (QED) is 0.676. The van der Waals surface area contributed by atoms with Gasteiger partial charge < -0.3 is 14.2 Å². The lowest BCUT2D eigenvalue weighted by Gasteiger charge is -2.33. The number of aromatic nitrogens is 3. The standard InChI is InChI=1S/C23H28N4O2/c1-25-23(28)10-9-22(24-25)26-14-11-18(12-15-26)29-21-8-4-7-20-19(21)13-16-27(20)17-5-2-3-6-17/h4,7-10,13,16-18H,2-3,5-6,11-12,14-15H2,1H3. The summed E-state index contributed by atoms with van der Waals surface area (Å²) < 4.78 is 10.3. The van der Waals surface area contributed by atoms with Crippen molar-refractivity contribution >= 4 is 16.7 Å². The Balaban J connectivity index is 1.28. The number of hydrogen-bond acceptors (Lipinski definition) is 4. The van der Waals surface area contributed by atoms with Crippen molar-refractivity contribution in [3.05, 3.63) is 52.9 Å². The van der Waals surface area contributed by atoms with Gasteiger partial charge in [-0.05, 0) is 37.1 Å². The molecule has 0 unspecified atom stereocenters. The SMILES string of the molecule is Cn1nc(N2CCC(Oc3cccc4c3ccn4C3CCCC3)CC2)ccc1=O. The molecule has 0 amide bonds. The van der Waals surface area contributed by atoms with Gasteiger partial charge >= 0.3 is 0 Å². The van der Waals surface area contributed by atoms with E-state index in [1.807, 2.05) is 6.07 Å². The largest absolute Gasteiger partial charge is 0.490 e. The van der Waals surface area contributed by atoms with E-state index < -0.39 is 0 Å². The second-order valence-corrected chi connectivity index (χ2v) is 8.31. The van der Waals surface area contributed by atoms with Crippen LogP contribution in [0, 0.1) is 0 Å². The van der Waals surface area contributed by atoms with Gasteiger partial charge in [0.2, 0.25) is 0 Å². The molecule has 152 valence electrons. The average Bonchev–Trinajstić information content (AvgIpc) is 3.41. The minimum atomic E-state index is -0.0791. The van der Waals surface area contributed by atoms with E-state index in [4.69, 9.17) is 4.74 Å². The zero-order chi connectivity index (χ0) is 19.8. The van der Waals surface area contributed by atoms with Gasteiger partial charge in [-0.15, -0.1) is 0 Å². The van der Waals surface area contributed by atoms with Gasteiger partial charge in [0.1, 0.15) is 17.7 Å². The maximum Gasteiger partial charge on any atom is 0.266 e. The van der Waals surface area contributed by atoms with E-state index in [2.05, 4.69) is 45.0 Å². The topological polar surface area (TPSA) is 52.3 Å². The Kier molecular flexibility index (Phi) is 4.78. The van der Waals surface area contributed by atoms with Crippen molar-refractivity contribution in [3.8, 4) is 5.75 Å². The Labute approximate surface area is 170 Å². The highest BCUT2D eigenvalue weighted by atomic mass is 16.5. The number of fused-ring (bicyclic) bond motifs is 1. The van der Waals surface area contributed by atoms with Gasteiger partial charge in [-0.25, -0.2) is 4.68 Å². The Morgan fingerprint density at radius 1 is 1.00 bits per heavy atom. The van der Waals surface area contributed by atoms with Crippen LogP contribution in [0.4, 0.5) is 5.82 Å². The van der Waals surface area contributed by atoms with Crippen LogP contribution in [0.25, 0.3) is 10.9 Å². The normalized spacial score (nSPS) is 18.6. The van der Waals surface area contributed by atoms with Crippen molar-refractivity contribution in [2.75, 3.05) is 18.0 Å². The van der Waals surface area contributed by atoms with Crippen molar-refractivity contribution in [1.29, 1.82) is 0 Å². The number of rotatable bonds is 4. The molecule has 1 aromatic carbocycles. The van der Waals surface area contributed by atoms with Crippen molar-refractivity contribution in [2.24, 2.45) is 7.05 Å². The summed E-state index contributed by atoms with van der Waals surface area (Å²) in [5.41, 5.74) is 1.21. The molecule has 1 saturated heterocycles. The summed E-state index contributed by atoms with van der Waals surface area (Å²) >= 11 is 0. The summed E-state index contributed by atoms with van der Waals surface area (Å²) in [6, 6.07) is 12.7. The van der Waals surface area contributed by atoms with Gasteiger partial charge in [-0.3, -0.25) is 4.79 Å². The maximum atomic E-state index is 11.6. The predicted molar refractivity (Wildman–Crippen MR) is 115 cm³/mol. The molecule has 0 radical (unpaired) electrons. The van der Waals surface area contributed by atoms with Crippen molar-refractivity contribution in [3.63, 3.8) is 0 Å². The minimum Gasteiger partial charge on any atom is -0.490 e. The molecule has 1 saturated carbocycles. The fraction of sp³-hybridized carbons (Fsp3) is 0.478. The number of anilines is 1. The number of piperidine rings is 1. The molecule has 6 nitrogen and oxygen atoms in total. The first-order chi connectivity index (χ1) is 14.2. The molecule has 0 atom stereocenters. The number of ether oxygens (including phenoxy) is 1.